The van der Waals surface area contributed by atoms with E-state index in [1.165, 1.54) is 17.0 Å². The number of ether oxygens (including phenoxy) is 1. The van der Waals surface area contributed by atoms with Gasteiger partial charge in [0.2, 0.25) is 0 Å². The standard InChI is InChI=1S/C25H23F4N3O3/c26-19-9-20-14(6-15(11-33)23(30)31-20)7-18(19)24(34)32(10-13-2-1-3-13)21-12-35-22-8-16(25(27,28)29)4-5-17(21)22/h4-9,13,21,33H,1-3,10-12H2,(H2,30,31). The number of aliphatic hydroxyl groups is 1. The maximum Gasteiger partial charge on any atom is 0.416 e. The number of hydrogen-bond acceptors (Lipinski definition) is 5. The Morgan fingerprint density at radius 2 is 1.97 bits per heavy atom. The molecule has 2 heterocycles. The average Bonchev–Trinajstić information content (AvgIpc) is 3.20. The maximum absolute atomic E-state index is 15.1. The fourth-order valence-electron chi connectivity index (χ4n) is 4.63. The summed E-state index contributed by atoms with van der Waals surface area (Å²) in [5.74, 6) is -0.995. The van der Waals surface area contributed by atoms with Crippen molar-refractivity contribution in [1.29, 1.82) is 0 Å². The number of amides is 1. The van der Waals surface area contributed by atoms with Gasteiger partial charge in [0.25, 0.3) is 5.91 Å². The molecule has 1 unspecified atom stereocenters. The Kier molecular flexibility index (Phi) is 5.79. The van der Waals surface area contributed by atoms with Crippen LogP contribution in [0, 0.1) is 11.7 Å². The molecule has 1 aliphatic heterocycles. The number of nitrogens with two attached hydrogens (primary N) is 1. The second kappa shape index (κ2) is 8.67. The predicted octanol–water partition coefficient (Wildman–Crippen LogP) is 4.84. The van der Waals surface area contributed by atoms with Crippen LogP contribution in [0.3, 0.4) is 0 Å². The van der Waals surface area contributed by atoms with E-state index in [9.17, 15) is 23.1 Å². The molecule has 1 saturated carbocycles. The van der Waals surface area contributed by atoms with Crippen LogP contribution in [0.4, 0.5) is 23.4 Å². The van der Waals surface area contributed by atoms with Gasteiger partial charge in [-0.3, -0.25) is 4.79 Å². The summed E-state index contributed by atoms with van der Waals surface area (Å²) in [6, 6.07) is 6.63. The Morgan fingerprint density at radius 1 is 1.20 bits per heavy atom. The highest BCUT2D eigenvalue weighted by Gasteiger charge is 2.38. The highest BCUT2D eigenvalue weighted by molar-refractivity contribution is 5.99. The number of nitrogens with zero attached hydrogens (tertiary/aromatic N) is 2. The van der Waals surface area contributed by atoms with E-state index in [2.05, 4.69) is 4.98 Å². The summed E-state index contributed by atoms with van der Waals surface area (Å²) in [5.41, 5.74) is 5.82. The molecule has 2 aliphatic rings. The highest BCUT2D eigenvalue weighted by Crippen LogP contribution is 2.42. The van der Waals surface area contributed by atoms with E-state index >= 15 is 4.39 Å². The number of rotatable bonds is 5. The Balaban J connectivity index is 1.53. The van der Waals surface area contributed by atoms with Gasteiger partial charge in [0.15, 0.2) is 0 Å². The van der Waals surface area contributed by atoms with E-state index in [1.807, 2.05) is 0 Å². The molecule has 1 atom stereocenters. The topological polar surface area (TPSA) is 88.7 Å². The Labute approximate surface area is 198 Å². The minimum atomic E-state index is -4.52. The summed E-state index contributed by atoms with van der Waals surface area (Å²) in [7, 11) is 0. The fourth-order valence-corrected chi connectivity index (χ4v) is 4.63. The first-order chi connectivity index (χ1) is 16.7. The summed E-state index contributed by atoms with van der Waals surface area (Å²) in [4.78, 5) is 19.3. The molecular formula is C25H23F4N3O3. The van der Waals surface area contributed by atoms with Gasteiger partial charge in [-0.25, -0.2) is 9.37 Å². The third kappa shape index (κ3) is 4.27. The number of hydrogen-bond donors (Lipinski definition) is 2. The van der Waals surface area contributed by atoms with E-state index in [1.54, 1.807) is 6.07 Å². The fraction of sp³-hybridized carbons (Fsp3) is 0.360. The lowest BCUT2D eigenvalue weighted by atomic mass is 9.84. The minimum Gasteiger partial charge on any atom is -0.491 e. The molecule has 0 radical (unpaired) electrons. The van der Waals surface area contributed by atoms with Crippen LogP contribution < -0.4 is 10.5 Å². The lowest BCUT2D eigenvalue weighted by Crippen LogP contribution is -2.41. The first kappa shape index (κ1) is 23.3. The SMILES string of the molecule is Nc1nc2cc(F)c(C(=O)N(CC3CCC3)C3COc4cc(C(F)(F)F)ccc43)cc2cc1CO. The molecule has 0 saturated heterocycles. The van der Waals surface area contributed by atoms with Crippen molar-refractivity contribution in [2.24, 2.45) is 5.92 Å². The smallest absolute Gasteiger partial charge is 0.416 e. The molecule has 1 fully saturated rings. The zero-order valence-corrected chi connectivity index (χ0v) is 18.6. The largest absolute Gasteiger partial charge is 0.491 e. The van der Waals surface area contributed by atoms with E-state index in [4.69, 9.17) is 10.5 Å². The van der Waals surface area contributed by atoms with Crippen LogP contribution in [0.15, 0.2) is 36.4 Å². The van der Waals surface area contributed by atoms with Crippen LogP contribution in [0.2, 0.25) is 0 Å². The van der Waals surface area contributed by atoms with Crippen molar-refractivity contribution in [2.75, 3.05) is 18.9 Å². The van der Waals surface area contributed by atoms with Gasteiger partial charge in [0.05, 0.1) is 29.3 Å². The van der Waals surface area contributed by atoms with Crippen molar-refractivity contribution in [1.82, 2.24) is 9.88 Å². The first-order valence-electron chi connectivity index (χ1n) is 11.3. The molecule has 1 aliphatic carbocycles. The zero-order chi connectivity index (χ0) is 24.9. The molecule has 10 heteroatoms. The summed E-state index contributed by atoms with van der Waals surface area (Å²) < 4.78 is 60.1. The molecule has 0 spiro atoms. The molecule has 1 amide bonds. The molecule has 35 heavy (non-hydrogen) atoms. The second-order valence-corrected chi connectivity index (χ2v) is 9.05. The maximum atomic E-state index is 15.1. The summed E-state index contributed by atoms with van der Waals surface area (Å²) in [6.07, 6.45) is -1.65. The first-order valence-corrected chi connectivity index (χ1v) is 11.3. The lowest BCUT2D eigenvalue weighted by Gasteiger charge is -2.35. The number of anilines is 1. The molecule has 1 aromatic heterocycles. The third-order valence-corrected chi connectivity index (χ3v) is 6.83. The van der Waals surface area contributed by atoms with Crippen molar-refractivity contribution in [3.63, 3.8) is 0 Å². The van der Waals surface area contributed by atoms with E-state index in [0.29, 0.717) is 23.1 Å². The number of aliphatic hydroxyl groups excluding tert-OH is 1. The number of pyridine rings is 1. The minimum absolute atomic E-state index is 0.0168. The van der Waals surface area contributed by atoms with E-state index < -0.39 is 29.5 Å². The van der Waals surface area contributed by atoms with Crippen LogP contribution >= 0.6 is 0 Å². The van der Waals surface area contributed by atoms with Crippen molar-refractivity contribution in [3.05, 3.63) is 64.5 Å². The summed E-state index contributed by atoms with van der Waals surface area (Å²) in [6.45, 7) is -0.0386. The molecule has 184 valence electrons. The number of carbonyl (C=O) groups is 1. The molecular weight excluding hydrogens is 466 g/mol. The van der Waals surface area contributed by atoms with Crippen LogP contribution in [0.25, 0.3) is 10.9 Å². The molecule has 3 aromatic rings. The number of aromatic nitrogens is 1. The van der Waals surface area contributed by atoms with Gasteiger partial charge in [0.1, 0.15) is 24.0 Å². The monoisotopic (exact) mass is 489 g/mol. The zero-order valence-electron chi connectivity index (χ0n) is 18.6. The van der Waals surface area contributed by atoms with Crippen LogP contribution in [-0.2, 0) is 12.8 Å². The molecule has 3 N–H and O–H groups in total. The molecule has 2 aromatic carbocycles. The Bertz CT molecular complexity index is 1310. The number of alkyl halides is 3. The number of halogens is 4. The molecule has 5 rings (SSSR count). The van der Waals surface area contributed by atoms with Gasteiger partial charge in [-0.1, -0.05) is 12.5 Å². The Hall–Kier alpha value is -3.40. The third-order valence-electron chi connectivity index (χ3n) is 6.83. The lowest BCUT2D eigenvalue weighted by molar-refractivity contribution is -0.137. The number of fused-ring (bicyclic) bond motifs is 2. The summed E-state index contributed by atoms with van der Waals surface area (Å²) in [5, 5.41) is 9.92. The quantitative estimate of drug-likeness (QED) is 0.501. The van der Waals surface area contributed by atoms with Gasteiger partial charge >= 0.3 is 6.18 Å². The normalized spacial score (nSPS) is 17.7. The van der Waals surface area contributed by atoms with Crippen molar-refractivity contribution >= 4 is 22.6 Å². The molecule has 0 bridgehead atoms. The summed E-state index contributed by atoms with van der Waals surface area (Å²) >= 11 is 0. The van der Waals surface area contributed by atoms with Gasteiger partial charge < -0.3 is 20.5 Å². The van der Waals surface area contributed by atoms with Gasteiger partial charge in [-0.15, -0.1) is 0 Å². The van der Waals surface area contributed by atoms with Crippen LogP contribution in [-0.4, -0.2) is 34.0 Å². The predicted molar refractivity (Wildman–Crippen MR) is 120 cm³/mol. The van der Waals surface area contributed by atoms with Crippen molar-refractivity contribution in [3.8, 4) is 5.75 Å². The van der Waals surface area contributed by atoms with E-state index in [-0.39, 0.29) is 41.8 Å². The van der Waals surface area contributed by atoms with Gasteiger partial charge in [-0.05, 0) is 43.0 Å². The molecule has 6 nitrogen and oxygen atoms in total. The highest BCUT2D eigenvalue weighted by atomic mass is 19.4. The number of carbonyl (C=O) groups excluding carboxylic acids is 1. The average molecular weight is 489 g/mol. The van der Waals surface area contributed by atoms with E-state index in [0.717, 1.165) is 37.5 Å². The second-order valence-electron chi connectivity index (χ2n) is 9.05. The van der Waals surface area contributed by atoms with Gasteiger partial charge in [-0.2, -0.15) is 13.2 Å². The number of nitrogen functional groups attached to an aromatic ring is 1. The van der Waals surface area contributed by atoms with Crippen LogP contribution in [0.1, 0.15) is 52.4 Å². The van der Waals surface area contributed by atoms with Gasteiger partial charge in [0, 0.05) is 29.1 Å². The van der Waals surface area contributed by atoms with Crippen molar-refractivity contribution in [2.45, 2.75) is 38.1 Å². The van der Waals surface area contributed by atoms with Crippen molar-refractivity contribution < 1.29 is 32.2 Å². The van der Waals surface area contributed by atoms with Crippen LogP contribution in [0.5, 0.6) is 5.75 Å². The Morgan fingerprint density at radius 3 is 2.63 bits per heavy atom. The number of benzene rings is 2.